The Bertz CT molecular complexity index is 1060. The number of nitrogens with zero attached hydrogens (tertiary/aromatic N) is 5. The molecule has 128 valence electrons. The van der Waals surface area contributed by atoms with Gasteiger partial charge in [-0.05, 0) is 19.1 Å². The van der Waals surface area contributed by atoms with Crippen LogP contribution in [0.2, 0.25) is 0 Å². The third-order valence-electron chi connectivity index (χ3n) is 3.83. The Labute approximate surface area is 139 Å². The zero-order valence-corrected chi connectivity index (χ0v) is 13.2. The maximum absolute atomic E-state index is 12.3. The number of aryl methyl sites for hydroxylation is 2. The van der Waals surface area contributed by atoms with Crippen molar-refractivity contribution in [2.75, 3.05) is 0 Å². The highest BCUT2D eigenvalue weighted by Crippen LogP contribution is 2.27. The first-order valence-corrected chi connectivity index (χ1v) is 7.62. The van der Waals surface area contributed by atoms with Gasteiger partial charge in [-0.3, -0.25) is 0 Å². The second kappa shape index (κ2) is 5.54. The van der Waals surface area contributed by atoms with Crippen molar-refractivity contribution in [2.24, 2.45) is 0 Å². The molecule has 4 aromatic heterocycles. The molecule has 0 aliphatic carbocycles. The minimum absolute atomic E-state index is 0.159. The summed E-state index contributed by atoms with van der Waals surface area (Å²) in [4.78, 5) is 15.5. The fourth-order valence-corrected chi connectivity index (χ4v) is 2.67. The highest BCUT2D eigenvalue weighted by atomic mass is 19.4. The molecule has 0 unspecified atom stereocenters. The molecular weight excluding hydrogens is 333 g/mol. The smallest absolute Gasteiger partial charge is 0.345 e. The molecule has 1 N–H and O–H groups in total. The quantitative estimate of drug-likeness (QED) is 0.616. The van der Waals surface area contributed by atoms with Gasteiger partial charge in [0.05, 0.1) is 24.0 Å². The summed E-state index contributed by atoms with van der Waals surface area (Å²) in [6.45, 7) is 1.89. The van der Waals surface area contributed by atoms with Gasteiger partial charge in [0.1, 0.15) is 11.5 Å². The van der Waals surface area contributed by atoms with Gasteiger partial charge in [-0.25, -0.2) is 19.5 Å². The predicted molar refractivity (Wildman–Crippen MR) is 85.0 cm³/mol. The summed E-state index contributed by atoms with van der Waals surface area (Å²) >= 11 is 0. The Morgan fingerprint density at radius 3 is 2.84 bits per heavy atom. The lowest BCUT2D eigenvalue weighted by Crippen LogP contribution is -2.10. The topological polar surface area (TPSA) is 71.8 Å². The number of alkyl halides is 3. The summed E-state index contributed by atoms with van der Waals surface area (Å²) in [7, 11) is 0. The number of H-pyrrole nitrogens is 1. The molecule has 0 radical (unpaired) electrons. The number of hydrogen-bond donors (Lipinski definition) is 1. The number of aromatic amines is 1. The van der Waals surface area contributed by atoms with Crippen LogP contribution >= 0.6 is 0 Å². The average Bonchev–Trinajstić information content (AvgIpc) is 3.13. The lowest BCUT2D eigenvalue weighted by Gasteiger charge is -2.05. The van der Waals surface area contributed by atoms with E-state index in [1.54, 1.807) is 10.7 Å². The van der Waals surface area contributed by atoms with Crippen LogP contribution in [0.1, 0.15) is 17.9 Å². The molecule has 0 aliphatic rings. The first kappa shape index (κ1) is 15.6. The van der Waals surface area contributed by atoms with Gasteiger partial charge in [0.2, 0.25) is 0 Å². The van der Waals surface area contributed by atoms with Crippen molar-refractivity contribution < 1.29 is 13.2 Å². The summed E-state index contributed by atoms with van der Waals surface area (Å²) < 4.78 is 38.7. The van der Waals surface area contributed by atoms with E-state index in [0.717, 1.165) is 16.9 Å². The summed E-state index contributed by atoms with van der Waals surface area (Å²) in [5, 5.41) is 5.22. The maximum Gasteiger partial charge on any atom is 0.389 e. The van der Waals surface area contributed by atoms with E-state index in [2.05, 4.69) is 25.0 Å². The maximum atomic E-state index is 12.3. The van der Waals surface area contributed by atoms with E-state index >= 15 is 0 Å². The second-order valence-corrected chi connectivity index (χ2v) is 5.77. The zero-order chi connectivity index (χ0) is 17.6. The van der Waals surface area contributed by atoms with Crippen molar-refractivity contribution in [2.45, 2.75) is 25.9 Å². The highest BCUT2D eigenvalue weighted by Gasteiger charge is 2.27. The first-order chi connectivity index (χ1) is 11.9. The highest BCUT2D eigenvalue weighted by molar-refractivity contribution is 5.91. The zero-order valence-electron chi connectivity index (χ0n) is 13.2. The number of aromatic nitrogens is 6. The molecule has 0 saturated heterocycles. The number of imidazole rings is 1. The van der Waals surface area contributed by atoms with Gasteiger partial charge in [0.15, 0.2) is 5.65 Å². The molecule has 0 amide bonds. The van der Waals surface area contributed by atoms with Crippen LogP contribution in [0.15, 0.2) is 30.7 Å². The number of hydrogen-bond acceptors (Lipinski definition) is 4. The largest absolute Gasteiger partial charge is 0.389 e. The normalized spacial score (nSPS) is 12.3. The summed E-state index contributed by atoms with van der Waals surface area (Å²) in [5.41, 5.74) is 3.58. The molecule has 0 bridgehead atoms. The molecule has 0 saturated carbocycles. The summed E-state index contributed by atoms with van der Waals surface area (Å²) in [6, 6.07) is 3.69. The lowest BCUT2D eigenvalue weighted by atomic mass is 10.2. The van der Waals surface area contributed by atoms with Crippen LogP contribution < -0.4 is 0 Å². The van der Waals surface area contributed by atoms with Crippen molar-refractivity contribution in [1.29, 1.82) is 0 Å². The van der Waals surface area contributed by atoms with E-state index in [-0.39, 0.29) is 12.2 Å². The van der Waals surface area contributed by atoms with E-state index in [4.69, 9.17) is 0 Å². The Kier molecular flexibility index (Phi) is 3.45. The van der Waals surface area contributed by atoms with Gasteiger partial charge < -0.3 is 4.98 Å². The molecule has 0 fully saturated rings. The average molecular weight is 346 g/mol. The second-order valence-electron chi connectivity index (χ2n) is 5.77. The predicted octanol–water partition coefficient (Wildman–Crippen LogP) is 3.47. The van der Waals surface area contributed by atoms with Crippen molar-refractivity contribution in [1.82, 2.24) is 29.5 Å². The third-order valence-corrected chi connectivity index (χ3v) is 3.83. The van der Waals surface area contributed by atoms with E-state index in [0.29, 0.717) is 16.7 Å². The van der Waals surface area contributed by atoms with E-state index < -0.39 is 12.6 Å². The van der Waals surface area contributed by atoms with Gasteiger partial charge >= 0.3 is 6.18 Å². The Morgan fingerprint density at radius 1 is 1.20 bits per heavy atom. The van der Waals surface area contributed by atoms with Crippen LogP contribution in [0, 0.1) is 6.92 Å². The Hall–Kier alpha value is -2.97. The molecule has 0 aromatic carbocycles. The van der Waals surface area contributed by atoms with Crippen LogP contribution in [0.25, 0.3) is 27.9 Å². The molecule has 0 atom stereocenters. The number of rotatable bonds is 3. The van der Waals surface area contributed by atoms with Crippen molar-refractivity contribution in [3.8, 4) is 11.3 Å². The minimum Gasteiger partial charge on any atom is -0.345 e. The van der Waals surface area contributed by atoms with Gasteiger partial charge in [-0.15, -0.1) is 0 Å². The van der Waals surface area contributed by atoms with Crippen molar-refractivity contribution >= 4 is 16.7 Å². The van der Waals surface area contributed by atoms with Crippen molar-refractivity contribution in [3.63, 3.8) is 0 Å². The lowest BCUT2D eigenvalue weighted by molar-refractivity contribution is -0.134. The molecular formula is C16H13F3N6. The van der Waals surface area contributed by atoms with Crippen molar-refractivity contribution in [3.05, 3.63) is 42.2 Å². The van der Waals surface area contributed by atoms with Gasteiger partial charge in [0, 0.05) is 29.8 Å². The number of halogens is 3. The van der Waals surface area contributed by atoms with Crippen LogP contribution in [0.4, 0.5) is 13.2 Å². The molecule has 6 nitrogen and oxygen atoms in total. The van der Waals surface area contributed by atoms with Crippen LogP contribution in [0.3, 0.4) is 0 Å². The monoisotopic (exact) mass is 346 g/mol. The molecule has 0 spiro atoms. The standard InChI is InChI=1S/C16H13F3N6/c1-9-8-25-14(22-9)3-2-12(24-25)10-6-21-15-11(10)7-20-13(23-15)4-5-16(17,18)19/h2-3,6-8H,4-5H2,1H3,(H,20,21,23). The van der Waals surface area contributed by atoms with E-state index in [9.17, 15) is 13.2 Å². The Morgan fingerprint density at radius 2 is 2.04 bits per heavy atom. The minimum atomic E-state index is -4.22. The van der Waals surface area contributed by atoms with Gasteiger partial charge in [0.25, 0.3) is 0 Å². The third kappa shape index (κ3) is 3.04. The fourth-order valence-electron chi connectivity index (χ4n) is 2.67. The van der Waals surface area contributed by atoms with Crippen LogP contribution in [0.5, 0.6) is 0 Å². The van der Waals surface area contributed by atoms with E-state index in [1.165, 1.54) is 6.20 Å². The fraction of sp³-hybridized carbons (Fsp3) is 0.250. The molecule has 0 aliphatic heterocycles. The first-order valence-electron chi connectivity index (χ1n) is 7.62. The molecule has 4 rings (SSSR count). The SMILES string of the molecule is Cc1cn2nc(-c3c[nH]c4nc(CCC(F)(F)F)ncc34)ccc2n1. The number of nitrogens with one attached hydrogen (secondary N) is 1. The molecule has 9 heteroatoms. The summed E-state index contributed by atoms with van der Waals surface area (Å²) in [5.74, 6) is 0.159. The number of fused-ring (bicyclic) bond motifs is 2. The molecule has 4 aromatic rings. The molecule has 4 heterocycles. The molecule has 25 heavy (non-hydrogen) atoms. The summed E-state index contributed by atoms with van der Waals surface area (Å²) in [6.07, 6.45) is -0.326. The van der Waals surface area contributed by atoms with Crippen LogP contribution in [-0.2, 0) is 6.42 Å². The van der Waals surface area contributed by atoms with Crippen LogP contribution in [-0.4, -0.2) is 35.7 Å². The van der Waals surface area contributed by atoms with Gasteiger partial charge in [-0.1, -0.05) is 0 Å². The Balaban J connectivity index is 1.70. The van der Waals surface area contributed by atoms with E-state index in [1.807, 2.05) is 25.3 Å². The van der Waals surface area contributed by atoms with Gasteiger partial charge in [-0.2, -0.15) is 18.3 Å².